The van der Waals surface area contributed by atoms with Gasteiger partial charge < -0.3 is 14.8 Å². The predicted octanol–water partition coefficient (Wildman–Crippen LogP) is 3.03. The van der Waals surface area contributed by atoms with Gasteiger partial charge in [-0.05, 0) is 42.0 Å². The molecular weight excluding hydrogens is 424 g/mol. The Bertz CT molecular complexity index is 766. The maximum atomic E-state index is 12.5. The molecule has 1 N–H and O–H groups in total. The topological polar surface area (TPSA) is 84.9 Å². The molecule has 1 aromatic rings. The summed E-state index contributed by atoms with van der Waals surface area (Å²) in [5.41, 5.74) is 0.656. The second kappa shape index (κ2) is 9.09. The summed E-state index contributed by atoms with van der Waals surface area (Å²) in [5, 5.41) is 2.18. The highest BCUT2D eigenvalue weighted by Gasteiger charge is 2.36. The number of carbonyl (C=O) groups excluding carboxylic acids is 3. The van der Waals surface area contributed by atoms with Gasteiger partial charge in [0.05, 0.1) is 19.1 Å². The fraction of sp³-hybridized carbons (Fsp3) is 0.353. The number of hydrogen-bond donors (Lipinski definition) is 1. The Balaban J connectivity index is 2.23. The van der Waals surface area contributed by atoms with E-state index >= 15 is 0 Å². The number of benzene rings is 1. The van der Waals surface area contributed by atoms with Crippen LogP contribution in [0.2, 0.25) is 0 Å². The molecule has 0 aromatic heterocycles. The summed E-state index contributed by atoms with van der Waals surface area (Å²) < 4.78 is 11.2. The van der Waals surface area contributed by atoms with E-state index in [-0.39, 0.29) is 17.4 Å². The van der Waals surface area contributed by atoms with E-state index < -0.39 is 11.1 Å². The molecule has 1 aromatic carbocycles. The number of ether oxygens (including phenoxy) is 2. The van der Waals surface area contributed by atoms with Gasteiger partial charge in [0.25, 0.3) is 11.1 Å². The Morgan fingerprint density at radius 2 is 1.92 bits per heavy atom. The van der Waals surface area contributed by atoms with Crippen molar-refractivity contribution >= 4 is 50.8 Å². The number of nitrogens with zero attached hydrogens (tertiary/aromatic N) is 1. The Labute approximate surface area is 164 Å². The molecule has 0 atom stereocenters. The Morgan fingerprint density at radius 1 is 1.27 bits per heavy atom. The number of rotatable bonds is 7. The molecular formula is C17H19BrN2O5S. The van der Waals surface area contributed by atoms with Crippen LogP contribution in [0, 0.1) is 0 Å². The fourth-order valence-corrected chi connectivity index (χ4v) is 3.49. The zero-order valence-electron chi connectivity index (χ0n) is 14.6. The quantitative estimate of drug-likeness (QED) is 0.653. The lowest BCUT2D eigenvalue weighted by atomic mass is 10.2. The number of nitrogens with one attached hydrogen (secondary N) is 1. The maximum absolute atomic E-state index is 12.5. The number of hydrogen-bond acceptors (Lipinski definition) is 6. The van der Waals surface area contributed by atoms with Crippen molar-refractivity contribution in [2.24, 2.45) is 0 Å². The van der Waals surface area contributed by atoms with Crippen molar-refractivity contribution in [2.75, 3.05) is 27.3 Å². The second-order valence-electron chi connectivity index (χ2n) is 5.35. The van der Waals surface area contributed by atoms with E-state index in [0.29, 0.717) is 28.1 Å². The standard InChI is InChI=1S/C17H19BrN2O5S/c1-4-5-19-15(21)9-20-16(22)14(26-17(20)23)7-10-6-12(24-2)13(25-3)8-11(10)18/h6-8H,4-5,9H2,1-3H3,(H,19,21)/b14-7-. The molecule has 1 saturated heterocycles. The van der Waals surface area contributed by atoms with E-state index in [4.69, 9.17) is 9.47 Å². The van der Waals surface area contributed by atoms with Gasteiger partial charge in [-0.3, -0.25) is 19.3 Å². The molecule has 140 valence electrons. The van der Waals surface area contributed by atoms with Crippen LogP contribution in [0.4, 0.5) is 4.79 Å². The highest BCUT2D eigenvalue weighted by Crippen LogP contribution is 2.37. The van der Waals surface area contributed by atoms with Gasteiger partial charge in [0, 0.05) is 11.0 Å². The van der Waals surface area contributed by atoms with Crippen LogP contribution in [-0.4, -0.2) is 49.3 Å². The van der Waals surface area contributed by atoms with Crippen molar-refractivity contribution in [1.82, 2.24) is 10.2 Å². The Kier molecular flexibility index (Phi) is 7.10. The van der Waals surface area contributed by atoms with Gasteiger partial charge in [-0.25, -0.2) is 0 Å². The van der Waals surface area contributed by atoms with Crippen LogP contribution >= 0.6 is 27.7 Å². The molecule has 0 radical (unpaired) electrons. The molecule has 3 amide bonds. The second-order valence-corrected chi connectivity index (χ2v) is 7.19. The number of thioether (sulfide) groups is 1. The average molecular weight is 443 g/mol. The first-order valence-corrected chi connectivity index (χ1v) is 9.45. The van der Waals surface area contributed by atoms with E-state index in [1.165, 1.54) is 14.2 Å². The minimum Gasteiger partial charge on any atom is -0.493 e. The average Bonchev–Trinajstić information content (AvgIpc) is 2.88. The molecule has 0 unspecified atom stereocenters. The van der Waals surface area contributed by atoms with Gasteiger partial charge in [0.1, 0.15) is 6.54 Å². The highest BCUT2D eigenvalue weighted by molar-refractivity contribution is 9.10. The Morgan fingerprint density at radius 3 is 2.54 bits per heavy atom. The third kappa shape index (κ3) is 4.59. The number of imide groups is 1. The third-order valence-corrected chi connectivity index (χ3v) is 5.13. The van der Waals surface area contributed by atoms with Crippen molar-refractivity contribution < 1.29 is 23.9 Å². The largest absolute Gasteiger partial charge is 0.493 e. The minimum atomic E-state index is -0.492. The van der Waals surface area contributed by atoms with Crippen LogP contribution in [0.1, 0.15) is 18.9 Å². The molecule has 1 fully saturated rings. The zero-order valence-corrected chi connectivity index (χ0v) is 17.0. The van der Waals surface area contributed by atoms with Gasteiger partial charge >= 0.3 is 0 Å². The Hall–Kier alpha value is -2.00. The molecule has 1 heterocycles. The molecule has 2 rings (SSSR count). The summed E-state index contributed by atoms with van der Waals surface area (Å²) in [7, 11) is 3.04. The van der Waals surface area contributed by atoms with E-state index in [0.717, 1.165) is 23.1 Å². The first-order chi connectivity index (χ1) is 12.4. The molecule has 7 nitrogen and oxygen atoms in total. The molecule has 26 heavy (non-hydrogen) atoms. The molecule has 1 aliphatic rings. The summed E-state index contributed by atoms with van der Waals surface area (Å²) in [5.74, 6) is 0.188. The van der Waals surface area contributed by atoms with E-state index in [2.05, 4.69) is 21.2 Å². The minimum absolute atomic E-state index is 0.242. The summed E-state index contributed by atoms with van der Waals surface area (Å²) >= 11 is 4.21. The number of halogens is 1. The summed E-state index contributed by atoms with van der Waals surface area (Å²) in [4.78, 5) is 37.6. The summed E-state index contributed by atoms with van der Waals surface area (Å²) in [6.07, 6.45) is 2.36. The van der Waals surface area contributed by atoms with Crippen LogP contribution in [0.5, 0.6) is 11.5 Å². The lowest BCUT2D eigenvalue weighted by Crippen LogP contribution is -2.39. The fourth-order valence-electron chi connectivity index (χ4n) is 2.22. The first kappa shape index (κ1) is 20.3. The van der Waals surface area contributed by atoms with E-state index in [1.807, 2.05) is 6.92 Å². The van der Waals surface area contributed by atoms with Crippen molar-refractivity contribution in [3.05, 3.63) is 27.1 Å². The van der Waals surface area contributed by atoms with Crippen LogP contribution in [-0.2, 0) is 9.59 Å². The van der Waals surface area contributed by atoms with Gasteiger partial charge in [-0.2, -0.15) is 0 Å². The van der Waals surface area contributed by atoms with Gasteiger partial charge in [-0.15, -0.1) is 0 Å². The highest BCUT2D eigenvalue weighted by atomic mass is 79.9. The van der Waals surface area contributed by atoms with Crippen LogP contribution in [0.15, 0.2) is 21.5 Å². The lowest BCUT2D eigenvalue weighted by molar-refractivity contribution is -0.129. The van der Waals surface area contributed by atoms with E-state index in [1.54, 1.807) is 18.2 Å². The van der Waals surface area contributed by atoms with Crippen molar-refractivity contribution in [1.29, 1.82) is 0 Å². The normalized spacial score (nSPS) is 15.5. The van der Waals surface area contributed by atoms with Crippen LogP contribution in [0.3, 0.4) is 0 Å². The number of amides is 3. The molecule has 9 heteroatoms. The van der Waals surface area contributed by atoms with Gasteiger partial charge in [0.15, 0.2) is 11.5 Å². The monoisotopic (exact) mass is 442 g/mol. The summed E-state index contributed by atoms with van der Waals surface area (Å²) in [6, 6.07) is 3.41. The molecule has 0 aliphatic carbocycles. The molecule has 0 bridgehead atoms. The first-order valence-electron chi connectivity index (χ1n) is 7.84. The van der Waals surface area contributed by atoms with E-state index in [9.17, 15) is 14.4 Å². The van der Waals surface area contributed by atoms with Crippen LogP contribution < -0.4 is 14.8 Å². The van der Waals surface area contributed by atoms with Crippen LogP contribution in [0.25, 0.3) is 6.08 Å². The third-order valence-electron chi connectivity index (χ3n) is 3.54. The number of methoxy groups -OCH3 is 2. The van der Waals surface area contributed by atoms with Crippen molar-refractivity contribution in [3.8, 4) is 11.5 Å². The molecule has 0 spiro atoms. The zero-order chi connectivity index (χ0) is 19.3. The number of carbonyl (C=O) groups is 3. The lowest BCUT2D eigenvalue weighted by Gasteiger charge is -2.12. The molecule has 1 aliphatic heterocycles. The van der Waals surface area contributed by atoms with Gasteiger partial charge in [-0.1, -0.05) is 22.9 Å². The van der Waals surface area contributed by atoms with Gasteiger partial charge in [0.2, 0.25) is 5.91 Å². The smallest absolute Gasteiger partial charge is 0.294 e. The predicted molar refractivity (Wildman–Crippen MR) is 103 cm³/mol. The molecule has 0 saturated carbocycles. The maximum Gasteiger partial charge on any atom is 0.294 e. The SMILES string of the molecule is CCCNC(=O)CN1C(=O)S/C(=C\c2cc(OC)c(OC)cc2Br)C1=O. The van der Waals surface area contributed by atoms with Crippen molar-refractivity contribution in [3.63, 3.8) is 0 Å². The van der Waals surface area contributed by atoms with Crippen molar-refractivity contribution in [2.45, 2.75) is 13.3 Å². The summed E-state index contributed by atoms with van der Waals surface area (Å²) in [6.45, 7) is 2.14.